The lowest BCUT2D eigenvalue weighted by atomic mass is 9.78. The van der Waals surface area contributed by atoms with E-state index in [1.165, 1.54) is 24.4 Å². The number of carbonyl (C=O) groups excluding carboxylic acids is 2. The summed E-state index contributed by atoms with van der Waals surface area (Å²) in [5.41, 5.74) is 0.783. The highest BCUT2D eigenvalue weighted by atomic mass is 16.6. The molecule has 0 aromatic heterocycles. The molecule has 0 fully saturated rings. The second-order valence-electron chi connectivity index (χ2n) is 7.66. The molecular weight excluding hydrogens is 444 g/mol. The summed E-state index contributed by atoms with van der Waals surface area (Å²) < 4.78 is 21.4. The van der Waals surface area contributed by atoms with Gasteiger partial charge < -0.3 is 18.9 Å². The molecule has 2 unspecified atom stereocenters. The molecule has 10 heteroatoms. The van der Waals surface area contributed by atoms with E-state index in [0.29, 0.717) is 24.5 Å². The number of benzene rings is 1. The number of esters is 2. The van der Waals surface area contributed by atoms with Gasteiger partial charge in [0.2, 0.25) is 0 Å². The van der Waals surface area contributed by atoms with Crippen LogP contribution in [-0.2, 0) is 28.5 Å². The monoisotopic (exact) mass is 476 g/mol. The van der Waals surface area contributed by atoms with E-state index in [1.807, 2.05) is 13.8 Å². The van der Waals surface area contributed by atoms with Crippen molar-refractivity contribution in [3.05, 3.63) is 51.2 Å². The van der Waals surface area contributed by atoms with E-state index < -0.39 is 28.7 Å². The Labute approximate surface area is 199 Å². The maximum Gasteiger partial charge on any atom is 0.336 e. The summed E-state index contributed by atoms with van der Waals surface area (Å²) in [5, 5.41) is 11.3. The molecule has 0 bridgehead atoms. The molecule has 10 nitrogen and oxygen atoms in total. The normalized spacial score (nSPS) is 17.5. The van der Waals surface area contributed by atoms with E-state index in [1.54, 1.807) is 13.0 Å². The minimum absolute atomic E-state index is 0.0326. The molecule has 2 rings (SSSR count). The molecule has 0 saturated heterocycles. The minimum atomic E-state index is -0.962. The van der Waals surface area contributed by atoms with Gasteiger partial charge >= 0.3 is 11.9 Å². The third-order valence-corrected chi connectivity index (χ3v) is 5.05. The number of non-ortho nitro benzene ring substituents is 1. The van der Waals surface area contributed by atoms with Crippen molar-refractivity contribution in [2.24, 2.45) is 10.9 Å². The number of nitro benzene ring substituents is 1. The van der Waals surface area contributed by atoms with Crippen LogP contribution >= 0.6 is 0 Å². The molecule has 2 atom stereocenters. The fourth-order valence-corrected chi connectivity index (χ4v) is 3.49. The van der Waals surface area contributed by atoms with E-state index in [2.05, 4.69) is 4.99 Å². The van der Waals surface area contributed by atoms with Gasteiger partial charge in [0.05, 0.1) is 23.7 Å². The molecule has 1 heterocycles. The predicted octanol–water partition coefficient (Wildman–Crippen LogP) is 3.59. The van der Waals surface area contributed by atoms with Crippen LogP contribution in [0.25, 0.3) is 0 Å². The number of allylic oxidation sites excluding steroid dienone is 1. The van der Waals surface area contributed by atoms with Crippen LogP contribution in [-0.4, -0.2) is 62.7 Å². The number of nitro groups is 1. The molecule has 0 saturated carbocycles. The molecule has 0 aliphatic carbocycles. The van der Waals surface area contributed by atoms with Crippen molar-refractivity contribution in [3.8, 4) is 0 Å². The zero-order valence-electron chi connectivity index (χ0n) is 19.9. The van der Waals surface area contributed by atoms with E-state index >= 15 is 0 Å². The Kier molecular flexibility index (Phi) is 11.3. The second-order valence-corrected chi connectivity index (χ2v) is 7.66. The number of carbonyl (C=O) groups is 2. The van der Waals surface area contributed by atoms with Crippen LogP contribution in [0.15, 0.2) is 40.5 Å². The maximum absolute atomic E-state index is 13.0. The lowest BCUT2D eigenvalue weighted by molar-refractivity contribution is -0.384. The van der Waals surface area contributed by atoms with Crippen molar-refractivity contribution in [2.45, 2.75) is 39.5 Å². The summed E-state index contributed by atoms with van der Waals surface area (Å²) in [6.45, 7) is 7.23. The molecule has 34 heavy (non-hydrogen) atoms. The molecule has 1 aromatic rings. The van der Waals surface area contributed by atoms with Crippen molar-refractivity contribution < 1.29 is 33.5 Å². The first kappa shape index (κ1) is 27.1. The summed E-state index contributed by atoms with van der Waals surface area (Å²) in [4.78, 5) is 41.0. The Morgan fingerprint density at radius 1 is 1.00 bits per heavy atom. The van der Waals surface area contributed by atoms with Crippen molar-refractivity contribution >= 4 is 23.8 Å². The van der Waals surface area contributed by atoms with E-state index in [-0.39, 0.29) is 37.7 Å². The molecule has 0 radical (unpaired) electrons. The van der Waals surface area contributed by atoms with Gasteiger partial charge in [0, 0.05) is 43.2 Å². The zero-order valence-corrected chi connectivity index (χ0v) is 19.9. The van der Waals surface area contributed by atoms with Crippen LogP contribution in [0.4, 0.5) is 5.69 Å². The lowest BCUT2D eigenvalue weighted by Gasteiger charge is -2.28. The minimum Gasteiger partial charge on any atom is -0.463 e. The average molecular weight is 477 g/mol. The van der Waals surface area contributed by atoms with Gasteiger partial charge in [-0.1, -0.05) is 26.0 Å². The number of aliphatic imine (C=N–C) groups is 1. The largest absolute Gasteiger partial charge is 0.463 e. The summed E-state index contributed by atoms with van der Waals surface area (Å²) >= 11 is 0. The molecule has 186 valence electrons. The third kappa shape index (κ3) is 7.74. The van der Waals surface area contributed by atoms with Crippen LogP contribution in [0.5, 0.6) is 0 Å². The van der Waals surface area contributed by atoms with Gasteiger partial charge in [-0.15, -0.1) is 0 Å². The quantitative estimate of drug-likeness (QED) is 0.173. The van der Waals surface area contributed by atoms with Crippen molar-refractivity contribution in [1.29, 1.82) is 0 Å². The summed E-state index contributed by atoms with van der Waals surface area (Å²) in [6.07, 6.45) is 3.10. The molecule has 0 spiro atoms. The molecule has 1 aromatic carbocycles. The number of hydrogen-bond acceptors (Lipinski definition) is 9. The Hall–Kier alpha value is -3.11. The SMILES string of the molecule is CCCOCCOC(=O)C1=C(C)N=CC(C(=O)OCCOCCC)C1c1cccc([N+](=O)[O-])c1. The average Bonchev–Trinajstić information content (AvgIpc) is 2.83. The van der Waals surface area contributed by atoms with E-state index in [9.17, 15) is 19.7 Å². The molecule has 0 N–H and O–H groups in total. The number of hydrogen-bond donors (Lipinski definition) is 0. The number of rotatable bonds is 14. The highest BCUT2D eigenvalue weighted by Crippen LogP contribution is 2.39. The lowest BCUT2D eigenvalue weighted by Crippen LogP contribution is -2.33. The van der Waals surface area contributed by atoms with Crippen LogP contribution in [0.3, 0.4) is 0 Å². The number of nitrogens with zero attached hydrogens (tertiary/aromatic N) is 2. The van der Waals surface area contributed by atoms with Crippen molar-refractivity contribution in [2.75, 3.05) is 39.6 Å². The topological polar surface area (TPSA) is 127 Å². The Bertz CT molecular complexity index is 912. The van der Waals surface area contributed by atoms with Gasteiger partial charge in [-0.25, -0.2) is 4.79 Å². The van der Waals surface area contributed by atoms with Gasteiger partial charge in [-0.3, -0.25) is 19.9 Å². The second kappa shape index (κ2) is 14.2. The van der Waals surface area contributed by atoms with E-state index in [4.69, 9.17) is 18.9 Å². The summed E-state index contributed by atoms with van der Waals surface area (Å²) in [6, 6.07) is 5.83. The first-order valence-corrected chi connectivity index (χ1v) is 11.4. The summed E-state index contributed by atoms with van der Waals surface area (Å²) in [7, 11) is 0. The van der Waals surface area contributed by atoms with Gasteiger partial charge in [0.1, 0.15) is 19.1 Å². The summed E-state index contributed by atoms with van der Waals surface area (Å²) in [5.74, 6) is -3.08. The Balaban J connectivity index is 2.29. The van der Waals surface area contributed by atoms with Crippen LogP contribution in [0.2, 0.25) is 0 Å². The highest BCUT2D eigenvalue weighted by molar-refractivity contribution is 6.00. The predicted molar refractivity (Wildman–Crippen MR) is 125 cm³/mol. The van der Waals surface area contributed by atoms with Crippen molar-refractivity contribution in [1.82, 2.24) is 0 Å². The fraction of sp³-hybridized carbons (Fsp3) is 0.542. The number of ether oxygens (including phenoxy) is 4. The van der Waals surface area contributed by atoms with E-state index in [0.717, 1.165) is 12.8 Å². The van der Waals surface area contributed by atoms with Gasteiger partial charge in [0.25, 0.3) is 5.69 Å². The van der Waals surface area contributed by atoms with Gasteiger partial charge in [-0.05, 0) is 25.3 Å². The maximum atomic E-state index is 13.0. The zero-order chi connectivity index (χ0) is 24.9. The standard InChI is InChI=1S/C24H32N2O8/c1-4-9-31-11-13-33-23(27)20-16-25-17(3)21(24(28)34-14-12-32-10-5-2)22(20)18-7-6-8-19(15-18)26(29)30/h6-8,15-16,20,22H,4-5,9-14H2,1-3H3. The first-order valence-electron chi connectivity index (χ1n) is 11.4. The molecule has 1 aliphatic rings. The van der Waals surface area contributed by atoms with Crippen molar-refractivity contribution in [3.63, 3.8) is 0 Å². The fourth-order valence-electron chi connectivity index (χ4n) is 3.49. The van der Waals surface area contributed by atoms with Gasteiger partial charge in [-0.2, -0.15) is 0 Å². The highest BCUT2D eigenvalue weighted by Gasteiger charge is 2.40. The van der Waals surface area contributed by atoms with Crippen LogP contribution < -0.4 is 0 Å². The smallest absolute Gasteiger partial charge is 0.336 e. The van der Waals surface area contributed by atoms with Crippen LogP contribution in [0.1, 0.15) is 45.1 Å². The van der Waals surface area contributed by atoms with Crippen LogP contribution in [0, 0.1) is 16.0 Å². The third-order valence-electron chi connectivity index (χ3n) is 5.05. The molecule has 1 aliphatic heterocycles. The molecular formula is C24H32N2O8. The first-order chi connectivity index (χ1) is 16.4. The Morgan fingerprint density at radius 2 is 1.65 bits per heavy atom. The van der Waals surface area contributed by atoms with Gasteiger partial charge in [0.15, 0.2) is 0 Å². The Morgan fingerprint density at radius 3 is 2.26 bits per heavy atom. The molecule has 0 amide bonds.